The van der Waals surface area contributed by atoms with Gasteiger partial charge < -0.3 is 9.64 Å². The van der Waals surface area contributed by atoms with Crippen LogP contribution in [-0.2, 0) is 9.59 Å². The number of ketones is 1. The van der Waals surface area contributed by atoms with Crippen LogP contribution in [0.3, 0.4) is 0 Å². The summed E-state index contributed by atoms with van der Waals surface area (Å²) < 4.78 is 5.47. The molecule has 1 aliphatic rings. The zero-order valence-electron chi connectivity index (χ0n) is 10.6. The number of Topliss-reactive ketones (excluding diaryl/α,β-unsaturated/α-hetero) is 1. The molecule has 19 heavy (non-hydrogen) atoms. The molecule has 0 N–H and O–H groups in total. The van der Waals surface area contributed by atoms with Gasteiger partial charge in [0, 0.05) is 25.9 Å². The van der Waals surface area contributed by atoms with E-state index in [-0.39, 0.29) is 11.7 Å². The molecule has 1 aromatic carbocycles. The zero-order valence-corrected chi connectivity index (χ0v) is 11.4. The first-order chi connectivity index (χ1) is 9.16. The number of halogens is 1. The van der Waals surface area contributed by atoms with Gasteiger partial charge >= 0.3 is 0 Å². The fraction of sp³-hybridized carbons (Fsp3) is 0.429. The minimum Gasteiger partial charge on any atom is -0.491 e. The number of ether oxygens (including phenoxy) is 1. The van der Waals surface area contributed by atoms with E-state index >= 15 is 0 Å². The molecule has 4 nitrogen and oxygen atoms in total. The van der Waals surface area contributed by atoms with Gasteiger partial charge in [-0.15, -0.1) is 0 Å². The SMILES string of the molecule is O=C1CCN(C(=O)CCOc2ccccc2Cl)CC1. The number of benzene rings is 1. The van der Waals surface area contributed by atoms with E-state index in [9.17, 15) is 9.59 Å². The molecule has 102 valence electrons. The molecule has 0 saturated carbocycles. The zero-order chi connectivity index (χ0) is 13.7. The Kier molecular flexibility index (Phi) is 4.80. The molecule has 0 aromatic heterocycles. The van der Waals surface area contributed by atoms with Gasteiger partial charge in [0.1, 0.15) is 11.5 Å². The van der Waals surface area contributed by atoms with Crippen LogP contribution in [0.15, 0.2) is 24.3 Å². The van der Waals surface area contributed by atoms with Crippen LogP contribution in [-0.4, -0.2) is 36.3 Å². The summed E-state index contributed by atoms with van der Waals surface area (Å²) in [7, 11) is 0. The van der Waals surface area contributed by atoms with Crippen molar-refractivity contribution in [2.24, 2.45) is 0 Å². The van der Waals surface area contributed by atoms with Crippen molar-refractivity contribution in [3.8, 4) is 5.75 Å². The number of hydrogen-bond donors (Lipinski definition) is 0. The van der Waals surface area contributed by atoms with E-state index in [2.05, 4.69) is 0 Å². The predicted molar refractivity (Wildman–Crippen MR) is 72.4 cm³/mol. The average Bonchev–Trinajstić information content (AvgIpc) is 2.41. The molecule has 1 saturated heterocycles. The lowest BCUT2D eigenvalue weighted by molar-refractivity contribution is -0.134. The Bertz CT molecular complexity index is 466. The van der Waals surface area contributed by atoms with Crippen molar-refractivity contribution in [1.82, 2.24) is 4.90 Å². The first kappa shape index (κ1) is 13.9. The molecular weight excluding hydrogens is 266 g/mol. The Labute approximate surface area is 117 Å². The van der Waals surface area contributed by atoms with Crippen molar-refractivity contribution in [1.29, 1.82) is 0 Å². The van der Waals surface area contributed by atoms with Crippen LogP contribution >= 0.6 is 11.6 Å². The van der Waals surface area contributed by atoms with Gasteiger partial charge in [0.15, 0.2) is 0 Å². The van der Waals surface area contributed by atoms with Crippen LogP contribution in [0.25, 0.3) is 0 Å². The molecule has 0 bridgehead atoms. The van der Waals surface area contributed by atoms with Crippen LogP contribution in [0.4, 0.5) is 0 Å². The van der Waals surface area contributed by atoms with E-state index in [1.165, 1.54) is 0 Å². The lowest BCUT2D eigenvalue weighted by Crippen LogP contribution is -2.39. The lowest BCUT2D eigenvalue weighted by atomic mass is 10.1. The summed E-state index contributed by atoms with van der Waals surface area (Å²) in [5, 5.41) is 0.540. The summed E-state index contributed by atoms with van der Waals surface area (Å²) in [5.41, 5.74) is 0. The largest absolute Gasteiger partial charge is 0.491 e. The average molecular weight is 282 g/mol. The Hall–Kier alpha value is -1.55. The molecule has 1 aliphatic heterocycles. The molecule has 0 aliphatic carbocycles. The Morgan fingerprint density at radius 2 is 1.95 bits per heavy atom. The van der Waals surface area contributed by atoms with Crippen LogP contribution < -0.4 is 4.74 Å². The number of rotatable bonds is 4. The third-order valence-electron chi connectivity index (χ3n) is 3.08. The predicted octanol–water partition coefficient (Wildman–Crippen LogP) is 2.30. The van der Waals surface area contributed by atoms with Crippen molar-refractivity contribution in [3.05, 3.63) is 29.3 Å². The topological polar surface area (TPSA) is 46.6 Å². The molecule has 1 heterocycles. The molecule has 1 amide bonds. The third kappa shape index (κ3) is 3.96. The van der Waals surface area contributed by atoms with E-state index in [1.807, 2.05) is 12.1 Å². The van der Waals surface area contributed by atoms with E-state index in [0.29, 0.717) is 49.7 Å². The lowest BCUT2D eigenvalue weighted by Gasteiger charge is -2.26. The van der Waals surface area contributed by atoms with Crippen LogP contribution in [0.5, 0.6) is 5.75 Å². The van der Waals surface area contributed by atoms with E-state index in [4.69, 9.17) is 16.3 Å². The number of amides is 1. The number of carbonyl (C=O) groups is 2. The molecule has 1 fully saturated rings. The van der Waals surface area contributed by atoms with Crippen molar-refractivity contribution < 1.29 is 14.3 Å². The van der Waals surface area contributed by atoms with Crippen LogP contribution in [0, 0.1) is 0 Å². The van der Waals surface area contributed by atoms with Gasteiger partial charge in [0.25, 0.3) is 0 Å². The van der Waals surface area contributed by atoms with Crippen molar-refractivity contribution in [2.45, 2.75) is 19.3 Å². The Balaban J connectivity index is 1.75. The third-order valence-corrected chi connectivity index (χ3v) is 3.40. The van der Waals surface area contributed by atoms with Gasteiger partial charge in [-0.25, -0.2) is 0 Å². The second-order valence-corrected chi connectivity index (χ2v) is 4.86. The van der Waals surface area contributed by atoms with Crippen molar-refractivity contribution in [2.75, 3.05) is 19.7 Å². The van der Waals surface area contributed by atoms with Gasteiger partial charge in [-0.2, -0.15) is 0 Å². The van der Waals surface area contributed by atoms with E-state index in [0.717, 1.165) is 0 Å². The maximum atomic E-state index is 11.9. The maximum Gasteiger partial charge on any atom is 0.226 e. The fourth-order valence-electron chi connectivity index (χ4n) is 1.97. The quantitative estimate of drug-likeness (QED) is 0.851. The smallest absolute Gasteiger partial charge is 0.226 e. The van der Waals surface area contributed by atoms with Crippen LogP contribution in [0.2, 0.25) is 5.02 Å². The number of likely N-dealkylation sites (tertiary alicyclic amines) is 1. The summed E-state index contributed by atoms with van der Waals surface area (Å²) in [6.07, 6.45) is 1.24. The van der Waals surface area contributed by atoms with Gasteiger partial charge in [-0.3, -0.25) is 9.59 Å². The highest BCUT2D eigenvalue weighted by atomic mass is 35.5. The summed E-state index contributed by atoms with van der Waals surface area (Å²) in [5.74, 6) is 0.849. The highest BCUT2D eigenvalue weighted by molar-refractivity contribution is 6.32. The molecule has 0 atom stereocenters. The van der Waals surface area contributed by atoms with Crippen molar-refractivity contribution in [3.63, 3.8) is 0 Å². The molecule has 2 rings (SSSR count). The maximum absolute atomic E-state index is 11.9. The van der Waals surface area contributed by atoms with Gasteiger partial charge in [-0.05, 0) is 12.1 Å². The Morgan fingerprint density at radius 1 is 1.26 bits per heavy atom. The highest BCUT2D eigenvalue weighted by Gasteiger charge is 2.20. The molecule has 5 heteroatoms. The number of nitrogens with zero attached hydrogens (tertiary/aromatic N) is 1. The molecule has 0 radical (unpaired) electrons. The van der Waals surface area contributed by atoms with E-state index < -0.39 is 0 Å². The number of piperidine rings is 1. The first-order valence-electron chi connectivity index (χ1n) is 6.33. The number of para-hydroxylation sites is 1. The van der Waals surface area contributed by atoms with Crippen LogP contribution in [0.1, 0.15) is 19.3 Å². The highest BCUT2D eigenvalue weighted by Crippen LogP contribution is 2.23. The molecule has 0 unspecified atom stereocenters. The van der Waals surface area contributed by atoms with Gasteiger partial charge in [-0.1, -0.05) is 23.7 Å². The first-order valence-corrected chi connectivity index (χ1v) is 6.71. The van der Waals surface area contributed by atoms with Gasteiger partial charge in [0.05, 0.1) is 18.1 Å². The van der Waals surface area contributed by atoms with E-state index in [1.54, 1.807) is 17.0 Å². The molecule has 1 aromatic rings. The summed E-state index contributed by atoms with van der Waals surface area (Å²) in [6.45, 7) is 1.36. The standard InChI is InChI=1S/C14H16ClNO3/c15-12-3-1-2-4-13(12)19-10-7-14(18)16-8-5-11(17)6-9-16/h1-4H,5-10H2. The monoisotopic (exact) mass is 281 g/mol. The summed E-state index contributed by atoms with van der Waals surface area (Å²) in [6, 6.07) is 7.17. The molecular formula is C14H16ClNO3. The minimum absolute atomic E-state index is 0.0274. The Morgan fingerprint density at radius 3 is 2.63 bits per heavy atom. The minimum atomic E-state index is 0.0274. The summed E-state index contributed by atoms with van der Waals surface area (Å²) in [4.78, 5) is 24.7. The second kappa shape index (κ2) is 6.57. The second-order valence-electron chi connectivity index (χ2n) is 4.45. The summed E-state index contributed by atoms with van der Waals surface area (Å²) >= 11 is 5.95. The number of carbonyl (C=O) groups excluding carboxylic acids is 2. The van der Waals surface area contributed by atoms with Crippen molar-refractivity contribution >= 4 is 23.3 Å². The molecule has 0 spiro atoms. The fourth-order valence-corrected chi connectivity index (χ4v) is 2.16. The normalized spacial score (nSPS) is 15.4. The van der Waals surface area contributed by atoms with Gasteiger partial charge in [0.2, 0.25) is 5.91 Å². The number of hydrogen-bond acceptors (Lipinski definition) is 3.